The Morgan fingerprint density at radius 1 is 0.267 bits per heavy atom. The predicted molar refractivity (Wildman–Crippen MR) is 363 cm³/mol. The van der Waals surface area contributed by atoms with Crippen LogP contribution in [0, 0.1) is 0 Å². The van der Waals surface area contributed by atoms with Crippen LogP contribution in [-0.4, -0.2) is 96.7 Å². The summed E-state index contributed by atoms with van der Waals surface area (Å²) in [5, 5.41) is 10.6. The molecule has 3 N–H and O–H groups in total. The standard InChI is InChI=1S/C71H138O17P2/c1-5-9-13-17-21-25-28-29-30-31-32-33-34-35-38-42-46-50-54-58-71(76)88-67(62-82-69(74)56-52-48-44-40-36-26-22-18-14-10-6-2)64-86-90(79,80)84-60-65(72)59-83-89(77,78)85-63-66(61-81-68(73)55-51-47-43-39-24-20-16-12-8-4)87-70(75)57-53-49-45-41-37-27-23-19-15-11-7-3/h65-67,72H,5-64H2,1-4H3,(H,77,78)(H,79,80)/t65-,66+,67+/m0/s1. The minimum absolute atomic E-state index is 0.107. The molecule has 0 aliphatic heterocycles. The molecule has 0 saturated carbocycles. The SMILES string of the molecule is CCCCCCCCCCCCCCCCCCCCCC(=O)O[C@H](COC(=O)CCCCCCCCCCCCC)COP(=O)(O)OC[C@@H](O)COP(=O)(O)OC[C@@H](COC(=O)CCCCCCCCCCC)OC(=O)CCCCCCCCCCCCC. The van der Waals surface area contributed by atoms with E-state index in [0.717, 1.165) is 89.9 Å². The smallest absolute Gasteiger partial charge is 0.462 e. The number of hydrogen-bond acceptors (Lipinski definition) is 15. The van der Waals surface area contributed by atoms with Gasteiger partial charge in [0.25, 0.3) is 0 Å². The van der Waals surface area contributed by atoms with Gasteiger partial charge >= 0.3 is 39.5 Å². The lowest BCUT2D eigenvalue weighted by Gasteiger charge is -2.21. The van der Waals surface area contributed by atoms with Crippen LogP contribution < -0.4 is 0 Å². The summed E-state index contributed by atoms with van der Waals surface area (Å²) in [5.74, 6) is -2.12. The van der Waals surface area contributed by atoms with Crippen molar-refractivity contribution in [2.75, 3.05) is 39.6 Å². The molecule has 2 unspecified atom stereocenters. The first-order valence-corrected chi connectivity index (χ1v) is 40.3. The highest BCUT2D eigenvalue weighted by Crippen LogP contribution is 2.45. The fourth-order valence-corrected chi connectivity index (χ4v) is 12.4. The summed E-state index contributed by atoms with van der Waals surface area (Å²) in [6.07, 6.45) is 54.1. The highest BCUT2D eigenvalue weighted by atomic mass is 31.2. The molecule has 0 aliphatic rings. The second-order valence-electron chi connectivity index (χ2n) is 25.6. The zero-order valence-electron chi connectivity index (χ0n) is 58.1. The van der Waals surface area contributed by atoms with E-state index in [-0.39, 0.29) is 25.7 Å². The molecule has 0 aliphatic carbocycles. The Bertz CT molecular complexity index is 1720. The van der Waals surface area contributed by atoms with Gasteiger partial charge in [-0.2, -0.15) is 0 Å². The number of hydrogen-bond donors (Lipinski definition) is 3. The van der Waals surface area contributed by atoms with Gasteiger partial charge in [0, 0.05) is 25.7 Å². The molecule has 0 heterocycles. The molecule has 90 heavy (non-hydrogen) atoms. The van der Waals surface area contributed by atoms with E-state index in [0.29, 0.717) is 25.7 Å². The normalized spacial score (nSPS) is 14.0. The number of ether oxygens (including phenoxy) is 4. The molecule has 0 spiro atoms. The molecule has 0 bridgehead atoms. The summed E-state index contributed by atoms with van der Waals surface area (Å²) in [6.45, 7) is 4.93. The zero-order chi connectivity index (χ0) is 66.1. The molecule has 0 aromatic carbocycles. The maximum Gasteiger partial charge on any atom is 0.472 e. The van der Waals surface area contributed by atoms with E-state index in [4.69, 9.17) is 37.0 Å². The first kappa shape index (κ1) is 88.1. The van der Waals surface area contributed by atoms with Crippen LogP contribution in [0.25, 0.3) is 0 Å². The van der Waals surface area contributed by atoms with E-state index in [1.807, 2.05) is 0 Å². The lowest BCUT2D eigenvalue weighted by atomic mass is 10.0. The fourth-order valence-electron chi connectivity index (χ4n) is 10.9. The van der Waals surface area contributed by atoms with Gasteiger partial charge in [-0.15, -0.1) is 0 Å². The lowest BCUT2D eigenvalue weighted by molar-refractivity contribution is -0.161. The molecule has 0 rings (SSSR count). The van der Waals surface area contributed by atoms with Crippen LogP contribution in [0.15, 0.2) is 0 Å². The largest absolute Gasteiger partial charge is 0.472 e. The number of carbonyl (C=O) groups excluding carboxylic acids is 4. The van der Waals surface area contributed by atoms with Crippen molar-refractivity contribution >= 4 is 39.5 Å². The Hall–Kier alpha value is -1.94. The topological polar surface area (TPSA) is 237 Å². The number of unbranched alkanes of at least 4 members (excludes halogenated alkanes) is 46. The number of aliphatic hydroxyl groups excluding tert-OH is 1. The highest BCUT2D eigenvalue weighted by molar-refractivity contribution is 7.47. The molecular formula is C71H138O17P2. The van der Waals surface area contributed by atoms with Gasteiger partial charge < -0.3 is 33.8 Å². The van der Waals surface area contributed by atoms with Gasteiger partial charge in [0.2, 0.25) is 0 Å². The minimum atomic E-state index is -4.95. The molecule has 0 aromatic rings. The maximum absolute atomic E-state index is 13.0. The quantitative estimate of drug-likeness (QED) is 0.0222. The Morgan fingerprint density at radius 2 is 0.444 bits per heavy atom. The maximum atomic E-state index is 13.0. The van der Waals surface area contributed by atoms with Crippen LogP contribution in [0.4, 0.5) is 0 Å². The third-order valence-corrected chi connectivity index (χ3v) is 18.5. The molecular weight excluding hydrogens is 1190 g/mol. The van der Waals surface area contributed by atoms with Crippen molar-refractivity contribution in [3.05, 3.63) is 0 Å². The van der Waals surface area contributed by atoms with Gasteiger partial charge in [0.05, 0.1) is 26.4 Å². The molecule has 0 aromatic heterocycles. The van der Waals surface area contributed by atoms with E-state index < -0.39 is 97.5 Å². The average molecular weight is 1330 g/mol. The highest BCUT2D eigenvalue weighted by Gasteiger charge is 2.30. The van der Waals surface area contributed by atoms with Gasteiger partial charge in [-0.3, -0.25) is 37.3 Å². The summed E-state index contributed by atoms with van der Waals surface area (Å²) >= 11 is 0. The summed E-state index contributed by atoms with van der Waals surface area (Å²) < 4.78 is 68.3. The minimum Gasteiger partial charge on any atom is -0.462 e. The van der Waals surface area contributed by atoms with Gasteiger partial charge in [0.1, 0.15) is 19.3 Å². The second kappa shape index (κ2) is 65.7. The summed E-state index contributed by atoms with van der Waals surface area (Å²) in [4.78, 5) is 72.5. The first-order valence-electron chi connectivity index (χ1n) is 37.3. The van der Waals surface area contributed by atoms with Crippen molar-refractivity contribution in [1.29, 1.82) is 0 Å². The van der Waals surface area contributed by atoms with Crippen molar-refractivity contribution < 1.29 is 80.2 Å². The number of esters is 4. The molecule has 5 atom stereocenters. The Kier molecular flexibility index (Phi) is 64.3. The van der Waals surface area contributed by atoms with Gasteiger partial charge in [-0.1, -0.05) is 323 Å². The molecule has 17 nitrogen and oxygen atoms in total. The molecule has 0 radical (unpaired) electrons. The van der Waals surface area contributed by atoms with E-state index in [2.05, 4.69) is 27.7 Å². The van der Waals surface area contributed by atoms with Crippen LogP contribution in [0.1, 0.15) is 374 Å². The Morgan fingerprint density at radius 3 is 0.656 bits per heavy atom. The van der Waals surface area contributed by atoms with Crippen LogP contribution in [0.5, 0.6) is 0 Å². The van der Waals surface area contributed by atoms with Crippen molar-refractivity contribution in [3.8, 4) is 0 Å². The summed E-state index contributed by atoms with van der Waals surface area (Å²) in [7, 11) is -9.89. The van der Waals surface area contributed by atoms with E-state index in [9.17, 15) is 43.2 Å². The number of aliphatic hydroxyl groups is 1. The van der Waals surface area contributed by atoms with Crippen molar-refractivity contribution in [3.63, 3.8) is 0 Å². The number of phosphoric ester groups is 2. The fraction of sp³-hybridized carbons (Fsp3) is 0.944. The van der Waals surface area contributed by atoms with E-state index in [1.54, 1.807) is 0 Å². The predicted octanol–water partition coefficient (Wildman–Crippen LogP) is 20.7. The molecule has 0 fully saturated rings. The van der Waals surface area contributed by atoms with Crippen LogP contribution in [-0.2, 0) is 65.4 Å². The molecule has 0 amide bonds. The van der Waals surface area contributed by atoms with Crippen molar-refractivity contribution in [2.24, 2.45) is 0 Å². The summed E-state index contributed by atoms with van der Waals surface area (Å²) in [6, 6.07) is 0. The van der Waals surface area contributed by atoms with Crippen molar-refractivity contribution in [2.45, 2.75) is 393 Å². The second-order valence-corrected chi connectivity index (χ2v) is 28.5. The van der Waals surface area contributed by atoms with Crippen LogP contribution in [0.2, 0.25) is 0 Å². The first-order chi connectivity index (χ1) is 43.7. The lowest BCUT2D eigenvalue weighted by Crippen LogP contribution is -2.30. The Balaban J connectivity index is 5.18. The molecule has 534 valence electrons. The Labute approximate surface area is 549 Å². The monoisotopic (exact) mass is 1320 g/mol. The molecule has 19 heteroatoms. The third kappa shape index (κ3) is 64.8. The van der Waals surface area contributed by atoms with Crippen LogP contribution >= 0.6 is 15.6 Å². The molecule has 0 saturated heterocycles. The van der Waals surface area contributed by atoms with Gasteiger partial charge in [0.15, 0.2) is 12.2 Å². The van der Waals surface area contributed by atoms with Crippen molar-refractivity contribution in [1.82, 2.24) is 0 Å². The van der Waals surface area contributed by atoms with E-state index >= 15 is 0 Å². The zero-order valence-corrected chi connectivity index (χ0v) is 59.9. The van der Waals surface area contributed by atoms with Gasteiger partial charge in [-0.05, 0) is 25.7 Å². The van der Waals surface area contributed by atoms with E-state index in [1.165, 1.54) is 205 Å². The average Bonchev–Trinajstić information content (AvgIpc) is 3.38. The number of rotatable bonds is 72. The van der Waals surface area contributed by atoms with Crippen LogP contribution in [0.3, 0.4) is 0 Å². The third-order valence-electron chi connectivity index (χ3n) is 16.6. The van der Waals surface area contributed by atoms with Gasteiger partial charge in [-0.25, -0.2) is 9.13 Å². The number of phosphoric acid groups is 2. The number of carbonyl (C=O) groups is 4. The summed E-state index contributed by atoms with van der Waals surface area (Å²) in [5.41, 5.74) is 0.